The summed E-state index contributed by atoms with van der Waals surface area (Å²) in [7, 11) is -2.23. The van der Waals surface area contributed by atoms with Gasteiger partial charge in [-0.15, -0.1) is 0 Å². The average Bonchev–Trinajstić information content (AvgIpc) is 3.29. The molecular formula is C23H31N5O7S. The standard InChI is InChI=1S/C23H31N5O7S/c1-24-36(32,33)19-4-2-3-18(11-19)34-15-17(29)13-26-16-12-23(35-14-16)6-9-28(10-7-23)22-25-8-5-20(27-22)21(30)31/h2-5,8,11,16-17,24,26,29H,6-7,9-10,12-15H2,1H3,(H,30,31)/t16-,17+/m1/s1. The molecule has 13 heteroatoms. The Morgan fingerprint density at radius 2 is 2.11 bits per heavy atom. The molecule has 0 amide bonds. The lowest BCUT2D eigenvalue weighted by molar-refractivity contribution is -0.0152. The molecule has 0 bridgehead atoms. The third kappa shape index (κ3) is 6.28. The average molecular weight is 522 g/mol. The predicted octanol–water partition coefficient (Wildman–Crippen LogP) is 0.240. The molecule has 12 nitrogen and oxygen atoms in total. The fourth-order valence-electron chi connectivity index (χ4n) is 4.46. The minimum atomic E-state index is -3.57. The predicted molar refractivity (Wildman–Crippen MR) is 130 cm³/mol. The van der Waals surface area contributed by atoms with Crippen LogP contribution in [0.15, 0.2) is 41.4 Å². The molecule has 4 N–H and O–H groups in total. The van der Waals surface area contributed by atoms with Gasteiger partial charge in [-0.25, -0.2) is 27.9 Å². The van der Waals surface area contributed by atoms with Crippen LogP contribution in [0, 0.1) is 0 Å². The maximum Gasteiger partial charge on any atom is 0.354 e. The lowest BCUT2D eigenvalue weighted by atomic mass is 9.87. The van der Waals surface area contributed by atoms with Crippen molar-refractivity contribution in [2.75, 3.05) is 44.8 Å². The Kier molecular flexibility index (Phi) is 8.05. The molecule has 2 aromatic rings. The minimum absolute atomic E-state index is 0.0130. The van der Waals surface area contributed by atoms with Crippen LogP contribution in [-0.4, -0.2) is 92.2 Å². The largest absolute Gasteiger partial charge is 0.491 e. The fourth-order valence-corrected chi connectivity index (χ4v) is 5.23. The van der Waals surface area contributed by atoms with Gasteiger partial charge in [-0.2, -0.15) is 0 Å². The van der Waals surface area contributed by atoms with Crippen LogP contribution in [0.4, 0.5) is 5.95 Å². The van der Waals surface area contributed by atoms with Crippen molar-refractivity contribution in [3.05, 3.63) is 42.2 Å². The highest BCUT2D eigenvalue weighted by Gasteiger charge is 2.43. The summed E-state index contributed by atoms with van der Waals surface area (Å²) < 4.78 is 37.9. The van der Waals surface area contributed by atoms with Crippen LogP contribution in [0.5, 0.6) is 5.75 Å². The molecule has 196 valence electrons. The van der Waals surface area contributed by atoms with Gasteiger partial charge in [0.2, 0.25) is 16.0 Å². The number of hydrogen-bond donors (Lipinski definition) is 4. The van der Waals surface area contributed by atoms with Crippen molar-refractivity contribution >= 4 is 21.9 Å². The molecule has 0 saturated carbocycles. The Hall–Kier alpha value is -2.84. The Labute approximate surface area is 209 Å². The molecule has 0 radical (unpaired) electrons. The molecule has 2 saturated heterocycles. The van der Waals surface area contributed by atoms with E-state index in [1.54, 1.807) is 12.1 Å². The number of nitrogens with one attached hydrogen (secondary N) is 2. The summed E-state index contributed by atoms with van der Waals surface area (Å²) >= 11 is 0. The summed E-state index contributed by atoms with van der Waals surface area (Å²) in [5.41, 5.74) is -0.292. The summed E-state index contributed by atoms with van der Waals surface area (Å²) in [6, 6.07) is 7.56. The number of anilines is 1. The number of hydrogen-bond acceptors (Lipinski definition) is 10. The first-order valence-corrected chi connectivity index (χ1v) is 13.2. The van der Waals surface area contributed by atoms with Crippen LogP contribution in [0.2, 0.25) is 0 Å². The number of ether oxygens (including phenoxy) is 2. The molecule has 4 rings (SSSR count). The van der Waals surface area contributed by atoms with Crippen molar-refractivity contribution in [2.24, 2.45) is 0 Å². The first-order chi connectivity index (χ1) is 17.2. The Morgan fingerprint density at radius 3 is 2.83 bits per heavy atom. The van der Waals surface area contributed by atoms with E-state index in [4.69, 9.17) is 14.6 Å². The molecule has 1 spiro atoms. The molecule has 2 fully saturated rings. The van der Waals surface area contributed by atoms with Gasteiger partial charge in [0.25, 0.3) is 0 Å². The van der Waals surface area contributed by atoms with Crippen LogP contribution in [-0.2, 0) is 14.8 Å². The summed E-state index contributed by atoms with van der Waals surface area (Å²) in [4.78, 5) is 21.6. The van der Waals surface area contributed by atoms with Crippen molar-refractivity contribution in [1.29, 1.82) is 0 Å². The van der Waals surface area contributed by atoms with E-state index >= 15 is 0 Å². The van der Waals surface area contributed by atoms with Crippen LogP contribution in [0.25, 0.3) is 0 Å². The Balaban J connectivity index is 1.21. The molecular weight excluding hydrogens is 490 g/mol. The van der Waals surface area contributed by atoms with Gasteiger partial charge in [0.05, 0.1) is 17.1 Å². The zero-order valence-corrected chi connectivity index (χ0v) is 20.8. The molecule has 0 unspecified atom stereocenters. The normalized spacial score (nSPS) is 20.4. The number of benzene rings is 1. The third-order valence-corrected chi connectivity index (χ3v) is 7.91. The molecule has 0 aliphatic carbocycles. The van der Waals surface area contributed by atoms with E-state index in [2.05, 4.69) is 20.0 Å². The van der Waals surface area contributed by atoms with Gasteiger partial charge >= 0.3 is 5.97 Å². The van der Waals surface area contributed by atoms with Crippen LogP contribution < -0.4 is 19.7 Å². The van der Waals surface area contributed by atoms with Crippen LogP contribution in [0.3, 0.4) is 0 Å². The van der Waals surface area contributed by atoms with Gasteiger partial charge in [0.1, 0.15) is 18.5 Å². The van der Waals surface area contributed by atoms with E-state index in [9.17, 15) is 18.3 Å². The molecule has 1 aromatic heterocycles. The van der Waals surface area contributed by atoms with Gasteiger partial charge < -0.3 is 29.9 Å². The van der Waals surface area contributed by atoms with Gasteiger partial charge in [0, 0.05) is 37.9 Å². The van der Waals surface area contributed by atoms with Gasteiger partial charge in [0.15, 0.2) is 5.69 Å². The first-order valence-electron chi connectivity index (χ1n) is 11.7. The van der Waals surface area contributed by atoms with E-state index in [-0.39, 0.29) is 28.8 Å². The molecule has 36 heavy (non-hydrogen) atoms. The quantitative estimate of drug-likeness (QED) is 0.339. The zero-order valence-electron chi connectivity index (χ0n) is 20.0. The number of carboxylic acid groups (broad SMARTS) is 1. The highest BCUT2D eigenvalue weighted by atomic mass is 32.2. The van der Waals surface area contributed by atoms with Crippen molar-refractivity contribution in [1.82, 2.24) is 20.0 Å². The SMILES string of the molecule is CNS(=O)(=O)c1cccc(OC[C@@H](O)CN[C@H]2COC3(CCN(c4nccc(C(=O)O)n4)CC3)C2)c1. The second kappa shape index (κ2) is 11.0. The van der Waals surface area contributed by atoms with E-state index in [0.717, 1.165) is 19.3 Å². The van der Waals surface area contributed by atoms with Crippen molar-refractivity contribution in [2.45, 2.75) is 41.9 Å². The molecule has 3 heterocycles. The van der Waals surface area contributed by atoms with Crippen LogP contribution >= 0.6 is 0 Å². The number of aromatic carboxylic acids is 1. The molecule has 2 aliphatic heterocycles. The summed E-state index contributed by atoms with van der Waals surface area (Å²) in [5, 5.41) is 22.8. The number of sulfonamides is 1. The van der Waals surface area contributed by atoms with E-state index in [1.165, 1.54) is 31.4 Å². The third-order valence-electron chi connectivity index (χ3n) is 6.50. The Morgan fingerprint density at radius 1 is 1.33 bits per heavy atom. The minimum Gasteiger partial charge on any atom is -0.491 e. The molecule has 2 aliphatic rings. The number of rotatable bonds is 10. The highest BCUT2D eigenvalue weighted by molar-refractivity contribution is 7.89. The maximum absolute atomic E-state index is 11.9. The van der Waals surface area contributed by atoms with Crippen LogP contribution in [0.1, 0.15) is 29.8 Å². The second-order valence-corrected chi connectivity index (χ2v) is 10.9. The van der Waals surface area contributed by atoms with Gasteiger partial charge in [-0.05, 0) is 44.5 Å². The van der Waals surface area contributed by atoms with E-state index in [0.29, 0.717) is 37.9 Å². The smallest absolute Gasteiger partial charge is 0.354 e. The van der Waals surface area contributed by atoms with E-state index in [1.807, 2.05) is 4.90 Å². The lowest BCUT2D eigenvalue weighted by Gasteiger charge is -2.38. The van der Waals surface area contributed by atoms with E-state index < -0.39 is 22.1 Å². The number of carboxylic acids is 1. The topological polar surface area (TPSA) is 163 Å². The monoisotopic (exact) mass is 521 g/mol. The summed E-state index contributed by atoms with van der Waals surface area (Å²) in [6.45, 7) is 2.17. The maximum atomic E-state index is 11.9. The highest BCUT2D eigenvalue weighted by Crippen LogP contribution is 2.36. The van der Waals surface area contributed by atoms with Gasteiger partial charge in [-0.1, -0.05) is 6.07 Å². The summed E-state index contributed by atoms with van der Waals surface area (Å²) in [6.07, 6.45) is 3.01. The lowest BCUT2D eigenvalue weighted by Crippen LogP contribution is -2.46. The van der Waals surface area contributed by atoms with Gasteiger partial charge in [-0.3, -0.25) is 0 Å². The number of nitrogens with zero attached hydrogens (tertiary/aromatic N) is 3. The number of carbonyl (C=O) groups is 1. The zero-order chi connectivity index (χ0) is 25.8. The number of piperidine rings is 1. The first kappa shape index (κ1) is 26.2. The second-order valence-electron chi connectivity index (χ2n) is 8.98. The Bertz CT molecular complexity index is 1170. The number of aromatic nitrogens is 2. The molecule has 2 atom stereocenters. The summed E-state index contributed by atoms with van der Waals surface area (Å²) in [5.74, 6) is -0.309. The number of aliphatic hydroxyl groups excluding tert-OH is 1. The van der Waals surface area contributed by atoms with Crippen molar-refractivity contribution < 1.29 is 32.9 Å². The fraction of sp³-hybridized carbons (Fsp3) is 0.522. The van der Waals surface area contributed by atoms with Crippen molar-refractivity contribution in [3.63, 3.8) is 0 Å². The number of aliphatic hydroxyl groups is 1. The molecule has 1 aromatic carbocycles. The van der Waals surface area contributed by atoms with Crippen molar-refractivity contribution in [3.8, 4) is 5.75 Å².